The number of aromatic hydroxyl groups is 1. The lowest BCUT2D eigenvalue weighted by molar-refractivity contribution is 0.431. The van der Waals surface area contributed by atoms with Crippen molar-refractivity contribution in [1.29, 1.82) is 0 Å². The van der Waals surface area contributed by atoms with E-state index in [4.69, 9.17) is 0 Å². The van der Waals surface area contributed by atoms with Crippen molar-refractivity contribution >= 4 is 5.96 Å². The van der Waals surface area contributed by atoms with Crippen LogP contribution in [0.15, 0.2) is 41.4 Å². The molecule has 2 aromatic rings. The van der Waals surface area contributed by atoms with Crippen LogP contribution in [0, 0.1) is 18.6 Å². The van der Waals surface area contributed by atoms with E-state index in [1.54, 1.807) is 19.2 Å². The molecule has 0 bridgehead atoms. The predicted octanol–water partition coefficient (Wildman–Crippen LogP) is 2.89. The van der Waals surface area contributed by atoms with Crippen molar-refractivity contribution < 1.29 is 13.9 Å². The van der Waals surface area contributed by atoms with E-state index in [0.717, 1.165) is 17.5 Å². The standard InChI is InChI=1S/C18H21F2N3O/c1-12-9-15(19)5-4-14(12)7-8-22-18(21-2)23-11-13-3-6-17(24)16(20)10-13/h3-6,9-10,24H,7-8,11H2,1-2H3,(H2,21,22,23). The Hall–Kier alpha value is -2.63. The van der Waals surface area contributed by atoms with Gasteiger partial charge in [0.25, 0.3) is 0 Å². The van der Waals surface area contributed by atoms with Gasteiger partial charge in [-0.2, -0.15) is 0 Å². The fourth-order valence-corrected chi connectivity index (χ4v) is 2.32. The van der Waals surface area contributed by atoms with Gasteiger partial charge in [-0.05, 0) is 54.3 Å². The third-order valence-corrected chi connectivity index (χ3v) is 3.69. The maximum absolute atomic E-state index is 13.3. The van der Waals surface area contributed by atoms with Gasteiger partial charge in [0, 0.05) is 20.1 Å². The Morgan fingerprint density at radius 2 is 1.92 bits per heavy atom. The van der Waals surface area contributed by atoms with E-state index in [-0.39, 0.29) is 11.6 Å². The van der Waals surface area contributed by atoms with Crippen molar-refractivity contribution in [3.8, 4) is 5.75 Å². The number of rotatable bonds is 5. The summed E-state index contributed by atoms with van der Waals surface area (Å²) in [5.74, 6) is -0.661. The molecule has 0 spiro atoms. The van der Waals surface area contributed by atoms with Gasteiger partial charge in [-0.25, -0.2) is 8.78 Å². The molecule has 128 valence electrons. The van der Waals surface area contributed by atoms with E-state index >= 15 is 0 Å². The van der Waals surface area contributed by atoms with Crippen molar-refractivity contribution in [2.45, 2.75) is 19.9 Å². The van der Waals surface area contributed by atoms with Crippen LogP contribution in [0.5, 0.6) is 5.75 Å². The minimum atomic E-state index is -0.649. The lowest BCUT2D eigenvalue weighted by Gasteiger charge is -2.13. The lowest BCUT2D eigenvalue weighted by atomic mass is 10.1. The fraction of sp³-hybridized carbons (Fsp3) is 0.278. The van der Waals surface area contributed by atoms with E-state index < -0.39 is 5.82 Å². The number of aryl methyl sites for hydroxylation is 1. The minimum Gasteiger partial charge on any atom is -0.505 e. The van der Waals surface area contributed by atoms with Crippen LogP contribution >= 0.6 is 0 Å². The number of guanidine groups is 1. The quantitative estimate of drug-likeness (QED) is 0.582. The Kier molecular flexibility index (Phi) is 6.12. The zero-order chi connectivity index (χ0) is 17.5. The minimum absolute atomic E-state index is 0.234. The molecule has 2 rings (SSSR count). The summed E-state index contributed by atoms with van der Waals surface area (Å²) >= 11 is 0. The summed E-state index contributed by atoms with van der Waals surface area (Å²) in [7, 11) is 1.65. The Morgan fingerprint density at radius 1 is 1.12 bits per heavy atom. The predicted molar refractivity (Wildman–Crippen MR) is 91.1 cm³/mol. The van der Waals surface area contributed by atoms with Crippen LogP contribution in [-0.4, -0.2) is 24.7 Å². The SMILES string of the molecule is CN=C(NCCc1ccc(F)cc1C)NCc1ccc(O)c(F)c1. The van der Waals surface area contributed by atoms with Gasteiger partial charge in [-0.3, -0.25) is 4.99 Å². The second kappa shape index (κ2) is 8.29. The van der Waals surface area contributed by atoms with Crippen molar-refractivity contribution in [2.75, 3.05) is 13.6 Å². The number of phenolic OH excluding ortho intramolecular Hbond substituents is 1. The molecule has 0 amide bonds. The largest absolute Gasteiger partial charge is 0.505 e. The first-order valence-corrected chi connectivity index (χ1v) is 7.66. The van der Waals surface area contributed by atoms with Gasteiger partial charge in [0.1, 0.15) is 5.82 Å². The van der Waals surface area contributed by atoms with E-state index in [9.17, 15) is 13.9 Å². The maximum Gasteiger partial charge on any atom is 0.191 e. The Morgan fingerprint density at radius 3 is 2.58 bits per heavy atom. The summed E-state index contributed by atoms with van der Waals surface area (Å²) < 4.78 is 26.4. The molecule has 0 aliphatic heterocycles. The first kappa shape index (κ1) is 17.7. The number of phenols is 1. The molecule has 4 nitrogen and oxygen atoms in total. The zero-order valence-corrected chi connectivity index (χ0v) is 13.7. The molecule has 6 heteroatoms. The van der Waals surface area contributed by atoms with Gasteiger partial charge >= 0.3 is 0 Å². The molecule has 0 aliphatic rings. The molecule has 0 saturated heterocycles. The molecule has 24 heavy (non-hydrogen) atoms. The number of benzene rings is 2. The highest BCUT2D eigenvalue weighted by atomic mass is 19.1. The van der Waals surface area contributed by atoms with Crippen LogP contribution in [0.2, 0.25) is 0 Å². The lowest BCUT2D eigenvalue weighted by Crippen LogP contribution is -2.37. The van der Waals surface area contributed by atoms with Crippen LogP contribution < -0.4 is 10.6 Å². The number of hydrogen-bond acceptors (Lipinski definition) is 2. The summed E-state index contributed by atoms with van der Waals surface area (Å²) in [4.78, 5) is 4.10. The van der Waals surface area contributed by atoms with Gasteiger partial charge in [-0.15, -0.1) is 0 Å². The molecular formula is C18H21F2N3O. The molecule has 0 aromatic heterocycles. The zero-order valence-electron chi connectivity index (χ0n) is 13.7. The molecule has 0 fully saturated rings. The van der Waals surface area contributed by atoms with Crippen LogP contribution in [0.3, 0.4) is 0 Å². The number of halogens is 2. The average Bonchev–Trinajstić information content (AvgIpc) is 2.55. The van der Waals surface area contributed by atoms with Crippen molar-refractivity contribution in [3.63, 3.8) is 0 Å². The third kappa shape index (κ3) is 4.94. The molecule has 0 saturated carbocycles. The molecule has 0 aliphatic carbocycles. The molecule has 0 atom stereocenters. The molecule has 3 N–H and O–H groups in total. The summed E-state index contributed by atoms with van der Waals surface area (Å²) in [5, 5.41) is 15.4. The number of nitrogens with one attached hydrogen (secondary N) is 2. The van der Waals surface area contributed by atoms with Crippen LogP contribution in [0.4, 0.5) is 8.78 Å². The van der Waals surface area contributed by atoms with Crippen LogP contribution in [0.25, 0.3) is 0 Å². The van der Waals surface area contributed by atoms with Gasteiger partial charge < -0.3 is 15.7 Å². The van der Waals surface area contributed by atoms with Crippen molar-refractivity contribution in [3.05, 3.63) is 64.7 Å². The first-order valence-electron chi connectivity index (χ1n) is 7.66. The van der Waals surface area contributed by atoms with Crippen LogP contribution in [-0.2, 0) is 13.0 Å². The Labute approximate surface area is 140 Å². The molecule has 2 aromatic carbocycles. The van der Waals surface area contributed by atoms with Crippen molar-refractivity contribution in [2.24, 2.45) is 4.99 Å². The normalized spacial score (nSPS) is 11.4. The van der Waals surface area contributed by atoms with Gasteiger partial charge in [0.2, 0.25) is 0 Å². The van der Waals surface area contributed by atoms with E-state index in [0.29, 0.717) is 24.6 Å². The monoisotopic (exact) mass is 333 g/mol. The molecule has 0 radical (unpaired) electrons. The fourth-order valence-electron chi connectivity index (χ4n) is 2.32. The first-order chi connectivity index (χ1) is 11.5. The smallest absolute Gasteiger partial charge is 0.191 e. The number of hydrogen-bond donors (Lipinski definition) is 3. The number of nitrogens with zero attached hydrogens (tertiary/aromatic N) is 1. The third-order valence-electron chi connectivity index (χ3n) is 3.69. The van der Waals surface area contributed by atoms with Gasteiger partial charge in [-0.1, -0.05) is 12.1 Å². The van der Waals surface area contributed by atoms with E-state index in [1.807, 2.05) is 6.92 Å². The van der Waals surface area contributed by atoms with E-state index in [2.05, 4.69) is 15.6 Å². The van der Waals surface area contributed by atoms with Gasteiger partial charge in [0.15, 0.2) is 17.5 Å². The summed E-state index contributed by atoms with van der Waals surface area (Å²) in [5.41, 5.74) is 2.68. The maximum atomic E-state index is 13.3. The topological polar surface area (TPSA) is 56.7 Å². The van der Waals surface area contributed by atoms with E-state index in [1.165, 1.54) is 24.3 Å². The van der Waals surface area contributed by atoms with Crippen LogP contribution in [0.1, 0.15) is 16.7 Å². The highest BCUT2D eigenvalue weighted by Crippen LogP contribution is 2.15. The van der Waals surface area contributed by atoms with Gasteiger partial charge in [0.05, 0.1) is 0 Å². The molecular weight excluding hydrogens is 312 g/mol. The Bertz CT molecular complexity index is 732. The average molecular weight is 333 g/mol. The molecule has 0 heterocycles. The highest BCUT2D eigenvalue weighted by Gasteiger charge is 2.04. The second-order valence-electron chi connectivity index (χ2n) is 5.46. The number of aliphatic imine (C=N–C) groups is 1. The molecule has 0 unspecified atom stereocenters. The summed E-state index contributed by atoms with van der Waals surface area (Å²) in [6.45, 7) is 2.90. The summed E-state index contributed by atoms with van der Waals surface area (Å²) in [6, 6.07) is 8.98. The summed E-state index contributed by atoms with van der Waals surface area (Å²) in [6.07, 6.45) is 0.737. The Balaban J connectivity index is 1.83. The highest BCUT2D eigenvalue weighted by molar-refractivity contribution is 5.79. The second-order valence-corrected chi connectivity index (χ2v) is 5.46. The van der Waals surface area contributed by atoms with Crippen molar-refractivity contribution in [1.82, 2.24) is 10.6 Å².